The molecule has 0 radical (unpaired) electrons. The molecule has 4 nitrogen and oxygen atoms in total. The van der Waals surface area contributed by atoms with E-state index in [0.29, 0.717) is 17.1 Å². The quantitative estimate of drug-likeness (QED) is 0.857. The lowest BCUT2D eigenvalue weighted by molar-refractivity contribution is -0.122. The second-order valence-corrected chi connectivity index (χ2v) is 4.03. The van der Waals surface area contributed by atoms with E-state index in [2.05, 4.69) is 10.6 Å². The van der Waals surface area contributed by atoms with Gasteiger partial charge >= 0.3 is 0 Å². The van der Waals surface area contributed by atoms with E-state index in [0.717, 1.165) is 0 Å². The lowest BCUT2D eigenvalue weighted by Gasteiger charge is -2.13. The fourth-order valence-corrected chi connectivity index (χ4v) is 1.40. The molecule has 0 fully saturated rings. The van der Waals surface area contributed by atoms with Gasteiger partial charge in [0.25, 0.3) is 5.91 Å². The van der Waals surface area contributed by atoms with E-state index in [4.69, 9.17) is 11.6 Å². The van der Waals surface area contributed by atoms with Crippen molar-refractivity contribution in [3.63, 3.8) is 0 Å². The first-order valence-corrected chi connectivity index (χ1v) is 5.76. The van der Waals surface area contributed by atoms with Gasteiger partial charge in [-0.3, -0.25) is 9.59 Å². The molecule has 0 aromatic heterocycles. The van der Waals surface area contributed by atoms with Crippen LogP contribution in [0.3, 0.4) is 0 Å². The molecule has 0 aliphatic carbocycles. The molecule has 1 aromatic rings. The molecule has 0 spiro atoms. The normalized spacial score (nSPS) is 11.7. The van der Waals surface area contributed by atoms with Gasteiger partial charge in [-0.05, 0) is 38.1 Å². The van der Waals surface area contributed by atoms with Gasteiger partial charge in [-0.1, -0.05) is 11.6 Å². The molecule has 1 rings (SSSR count). The Labute approximate surface area is 105 Å². The third kappa shape index (κ3) is 4.07. The summed E-state index contributed by atoms with van der Waals surface area (Å²) < 4.78 is 0. The number of likely N-dealkylation sites (N-methyl/N-ethyl adjacent to an activating group) is 1. The number of benzene rings is 1. The molecule has 0 unspecified atom stereocenters. The van der Waals surface area contributed by atoms with Crippen LogP contribution in [0.25, 0.3) is 0 Å². The molecule has 0 saturated carbocycles. The summed E-state index contributed by atoms with van der Waals surface area (Å²) in [5.74, 6) is -0.491. The van der Waals surface area contributed by atoms with Crippen LogP contribution in [0.2, 0.25) is 5.02 Å². The molecule has 0 aliphatic heterocycles. The second-order valence-electron chi connectivity index (χ2n) is 3.60. The van der Waals surface area contributed by atoms with E-state index in [1.54, 1.807) is 31.2 Å². The first-order valence-electron chi connectivity index (χ1n) is 5.38. The van der Waals surface area contributed by atoms with Gasteiger partial charge in [0.1, 0.15) is 6.04 Å². The predicted molar refractivity (Wildman–Crippen MR) is 67.1 cm³/mol. The smallest absolute Gasteiger partial charge is 0.251 e. The number of amides is 2. The summed E-state index contributed by atoms with van der Waals surface area (Å²) in [6.45, 7) is 4.00. The zero-order valence-electron chi connectivity index (χ0n) is 9.79. The minimum absolute atomic E-state index is 0.199. The van der Waals surface area contributed by atoms with Gasteiger partial charge in [0.2, 0.25) is 5.91 Å². The van der Waals surface area contributed by atoms with Crippen LogP contribution in [0.15, 0.2) is 24.3 Å². The molecule has 1 aromatic carbocycles. The Morgan fingerprint density at radius 1 is 1.29 bits per heavy atom. The topological polar surface area (TPSA) is 58.2 Å². The third-order valence-corrected chi connectivity index (χ3v) is 2.45. The van der Waals surface area contributed by atoms with Crippen molar-refractivity contribution in [3.05, 3.63) is 34.9 Å². The summed E-state index contributed by atoms with van der Waals surface area (Å²) in [6.07, 6.45) is 0. The van der Waals surface area contributed by atoms with Gasteiger partial charge in [-0.25, -0.2) is 0 Å². The van der Waals surface area contributed by atoms with Crippen LogP contribution in [0, 0.1) is 0 Å². The third-order valence-electron chi connectivity index (χ3n) is 2.20. The summed E-state index contributed by atoms with van der Waals surface area (Å²) in [6, 6.07) is 5.93. The maximum Gasteiger partial charge on any atom is 0.251 e. The number of carbonyl (C=O) groups is 2. The van der Waals surface area contributed by atoms with Gasteiger partial charge < -0.3 is 10.6 Å². The molecule has 2 amide bonds. The van der Waals surface area contributed by atoms with Crippen molar-refractivity contribution in [2.75, 3.05) is 6.54 Å². The minimum atomic E-state index is -0.557. The largest absolute Gasteiger partial charge is 0.355 e. The fraction of sp³-hybridized carbons (Fsp3) is 0.333. The highest BCUT2D eigenvalue weighted by Crippen LogP contribution is 2.09. The fourth-order valence-electron chi connectivity index (χ4n) is 1.27. The Kier molecular flexibility index (Phi) is 4.97. The van der Waals surface area contributed by atoms with Crippen molar-refractivity contribution in [1.29, 1.82) is 0 Å². The highest BCUT2D eigenvalue weighted by Gasteiger charge is 2.15. The van der Waals surface area contributed by atoms with E-state index < -0.39 is 6.04 Å². The van der Waals surface area contributed by atoms with Gasteiger partial charge in [-0.2, -0.15) is 0 Å². The van der Waals surface area contributed by atoms with E-state index >= 15 is 0 Å². The molecule has 0 bridgehead atoms. The van der Waals surface area contributed by atoms with Gasteiger partial charge in [-0.15, -0.1) is 0 Å². The predicted octanol–water partition coefficient (Wildman–Crippen LogP) is 1.59. The van der Waals surface area contributed by atoms with Gasteiger partial charge in [0, 0.05) is 17.1 Å². The molecular formula is C12H15ClN2O2. The maximum atomic E-state index is 11.7. The number of rotatable bonds is 4. The molecule has 0 aliphatic rings. The number of hydrogen-bond donors (Lipinski definition) is 2. The monoisotopic (exact) mass is 254 g/mol. The molecule has 0 heterocycles. The van der Waals surface area contributed by atoms with E-state index in [1.807, 2.05) is 6.92 Å². The molecule has 2 N–H and O–H groups in total. The van der Waals surface area contributed by atoms with Crippen molar-refractivity contribution in [1.82, 2.24) is 10.6 Å². The first-order chi connectivity index (χ1) is 8.04. The summed E-state index contributed by atoms with van der Waals surface area (Å²) >= 11 is 5.72. The zero-order chi connectivity index (χ0) is 12.8. The van der Waals surface area contributed by atoms with Gasteiger partial charge in [0.15, 0.2) is 0 Å². The Morgan fingerprint density at radius 2 is 1.88 bits per heavy atom. The van der Waals surface area contributed by atoms with Crippen molar-refractivity contribution < 1.29 is 9.59 Å². The standard InChI is InChI=1S/C12H15ClN2O2/c1-3-14-11(16)8(2)15-12(17)9-4-6-10(13)7-5-9/h4-8H,3H2,1-2H3,(H,14,16)(H,15,17)/t8-/m1/s1. The summed E-state index contributed by atoms with van der Waals surface area (Å²) in [7, 11) is 0. The zero-order valence-corrected chi connectivity index (χ0v) is 10.5. The van der Waals surface area contributed by atoms with Crippen molar-refractivity contribution >= 4 is 23.4 Å². The molecule has 5 heteroatoms. The SMILES string of the molecule is CCNC(=O)[C@@H](C)NC(=O)c1ccc(Cl)cc1. The average Bonchev–Trinajstić information content (AvgIpc) is 2.30. The van der Waals surface area contributed by atoms with Crippen molar-refractivity contribution in [2.24, 2.45) is 0 Å². The second kappa shape index (κ2) is 6.25. The van der Waals surface area contributed by atoms with Crippen LogP contribution < -0.4 is 10.6 Å². The lowest BCUT2D eigenvalue weighted by Crippen LogP contribution is -2.44. The Balaban J connectivity index is 2.60. The molecule has 1 atom stereocenters. The molecule has 0 saturated heterocycles. The van der Waals surface area contributed by atoms with E-state index in [1.165, 1.54) is 0 Å². The molecule has 17 heavy (non-hydrogen) atoms. The molecular weight excluding hydrogens is 240 g/mol. The average molecular weight is 255 g/mol. The van der Waals surface area contributed by atoms with E-state index in [9.17, 15) is 9.59 Å². The Morgan fingerprint density at radius 3 is 2.41 bits per heavy atom. The van der Waals surface area contributed by atoms with E-state index in [-0.39, 0.29) is 11.8 Å². The Bertz CT molecular complexity index is 403. The first kappa shape index (κ1) is 13.5. The number of carbonyl (C=O) groups excluding carboxylic acids is 2. The summed E-state index contributed by atoms with van der Waals surface area (Å²) in [4.78, 5) is 23.2. The van der Waals surface area contributed by atoms with Crippen LogP contribution in [0.5, 0.6) is 0 Å². The number of halogens is 1. The van der Waals surface area contributed by atoms with Crippen LogP contribution in [0.1, 0.15) is 24.2 Å². The highest BCUT2D eigenvalue weighted by molar-refractivity contribution is 6.30. The van der Waals surface area contributed by atoms with Crippen LogP contribution in [0.4, 0.5) is 0 Å². The number of hydrogen-bond acceptors (Lipinski definition) is 2. The minimum Gasteiger partial charge on any atom is -0.355 e. The van der Waals surface area contributed by atoms with Crippen LogP contribution in [-0.2, 0) is 4.79 Å². The number of nitrogens with one attached hydrogen (secondary N) is 2. The van der Waals surface area contributed by atoms with Crippen molar-refractivity contribution in [3.8, 4) is 0 Å². The molecule has 92 valence electrons. The van der Waals surface area contributed by atoms with Gasteiger partial charge in [0.05, 0.1) is 0 Å². The Hall–Kier alpha value is -1.55. The van der Waals surface area contributed by atoms with Crippen LogP contribution in [-0.4, -0.2) is 24.4 Å². The van der Waals surface area contributed by atoms with Crippen LogP contribution >= 0.6 is 11.6 Å². The summed E-state index contributed by atoms with van der Waals surface area (Å²) in [5.41, 5.74) is 0.477. The van der Waals surface area contributed by atoms with Crippen molar-refractivity contribution in [2.45, 2.75) is 19.9 Å². The highest BCUT2D eigenvalue weighted by atomic mass is 35.5. The maximum absolute atomic E-state index is 11.7. The summed E-state index contributed by atoms with van der Waals surface area (Å²) in [5, 5.41) is 5.81. The lowest BCUT2D eigenvalue weighted by atomic mass is 10.2.